The van der Waals surface area contributed by atoms with Gasteiger partial charge in [-0.3, -0.25) is 9.89 Å². The number of carbonyl (C=O) groups is 1. The second kappa shape index (κ2) is 9.46. The van der Waals surface area contributed by atoms with Gasteiger partial charge in [0.2, 0.25) is 11.1 Å². The Balaban J connectivity index is 1.47. The second-order valence-electron chi connectivity index (χ2n) is 6.94. The van der Waals surface area contributed by atoms with Gasteiger partial charge in [-0.15, -0.1) is 5.10 Å². The summed E-state index contributed by atoms with van der Waals surface area (Å²) < 4.78 is 5.64. The van der Waals surface area contributed by atoms with Crippen LogP contribution >= 0.6 is 23.4 Å². The third kappa shape index (κ3) is 5.87. The quantitative estimate of drug-likeness (QED) is 0.670. The number of halogens is 1. The summed E-state index contributed by atoms with van der Waals surface area (Å²) in [6, 6.07) is 7.42. The zero-order valence-corrected chi connectivity index (χ0v) is 17.1. The lowest BCUT2D eigenvalue weighted by atomic mass is 9.86. The van der Waals surface area contributed by atoms with Gasteiger partial charge in [-0.25, -0.2) is 4.98 Å². The molecule has 146 valence electrons. The highest BCUT2D eigenvalue weighted by atomic mass is 35.5. The van der Waals surface area contributed by atoms with Gasteiger partial charge in [0.05, 0.1) is 5.25 Å². The number of aromatic amines is 1. The number of hydrogen-bond donors (Lipinski definition) is 2. The number of thioether (sulfide) groups is 1. The maximum absolute atomic E-state index is 12.5. The van der Waals surface area contributed by atoms with Crippen molar-refractivity contribution in [1.29, 1.82) is 0 Å². The minimum absolute atomic E-state index is 0.0440. The molecule has 1 aromatic carbocycles. The molecule has 0 spiro atoms. The molecule has 0 radical (unpaired) electrons. The molecule has 1 heterocycles. The molecule has 27 heavy (non-hydrogen) atoms. The van der Waals surface area contributed by atoms with Crippen molar-refractivity contribution in [3.8, 4) is 5.75 Å². The maximum atomic E-state index is 12.5. The SMILES string of the molecule is CC(Sc1n[nH]c(COc2ccc(Cl)cc2)n1)C(=O)NC1CCCCC1C. The lowest BCUT2D eigenvalue weighted by molar-refractivity contribution is -0.121. The molecule has 0 saturated heterocycles. The van der Waals surface area contributed by atoms with E-state index in [0.29, 0.717) is 27.7 Å². The zero-order valence-electron chi connectivity index (χ0n) is 15.6. The van der Waals surface area contributed by atoms with Gasteiger partial charge in [-0.2, -0.15) is 0 Å². The van der Waals surface area contributed by atoms with E-state index in [0.717, 1.165) is 6.42 Å². The van der Waals surface area contributed by atoms with Crippen molar-refractivity contribution >= 4 is 29.3 Å². The number of aromatic nitrogens is 3. The Labute approximate surface area is 168 Å². The molecule has 2 aromatic rings. The van der Waals surface area contributed by atoms with Gasteiger partial charge in [0.25, 0.3) is 0 Å². The Hall–Kier alpha value is -1.73. The summed E-state index contributed by atoms with van der Waals surface area (Å²) in [6.45, 7) is 4.37. The van der Waals surface area contributed by atoms with Crippen LogP contribution in [0.2, 0.25) is 5.02 Å². The van der Waals surface area contributed by atoms with Crippen molar-refractivity contribution in [2.24, 2.45) is 5.92 Å². The predicted molar refractivity (Wildman–Crippen MR) is 107 cm³/mol. The van der Waals surface area contributed by atoms with E-state index in [9.17, 15) is 4.79 Å². The molecule has 6 nitrogen and oxygen atoms in total. The maximum Gasteiger partial charge on any atom is 0.233 e. The zero-order chi connectivity index (χ0) is 19.2. The van der Waals surface area contributed by atoms with Crippen LogP contribution in [0.4, 0.5) is 0 Å². The number of ether oxygens (including phenoxy) is 1. The van der Waals surface area contributed by atoms with Crippen molar-refractivity contribution in [2.75, 3.05) is 0 Å². The van der Waals surface area contributed by atoms with Gasteiger partial charge >= 0.3 is 0 Å². The largest absolute Gasteiger partial charge is 0.486 e. The van der Waals surface area contributed by atoms with Crippen LogP contribution in [0.3, 0.4) is 0 Å². The second-order valence-corrected chi connectivity index (χ2v) is 8.69. The van der Waals surface area contributed by atoms with E-state index in [4.69, 9.17) is 16.3 Å². The first kappa shape index (κ1) is 20.0. The Morgan fingerprint density at radius 2 is 2.11 bits per heavy atom. The number of carbonyl (C=O) groups excluding carboxylic acids is 1. The Kier molecular flexibility index (Phi) is 7.01. The minimum atomic E-state index is -0.250. The fourth-order valence-electron chi connectivity index (χ4n) is 3.12. The van der Waals surface area contributed by atoms with Crippen LogP contribution in [0.1, 0.15) is 45.4 Å². The van der Waals surface area contributed by atoms with Crippen molar-refractivity contribution < 1.29 is 9.53 Å². The summed E-state index contributed by atoms with van der Waals surface area (Å²) in [7, 11) is 0. The molecular formula is C19H25ClN4O2S. The van der Waals surface area contributed by atoms with Gasteiger partial charge in [0, 0.05) is 11.1 Å². The predicted octanol–water partition coefficient (Wildman–Crippen LogP) is 4.21. The van der Waals surface area contributed by atoms with E-state index < -0.39 is 0 Å². The third-order valence-electron chi connectivity index (χ3n) is 4.79. The molecule has 1 aromatic heterocycles. The molecule has 3 rings (SSSR count). The molecule has 1 aliphatic rings. The smallest absolute Gasteiger partial charge is 0.233 e. The molecule has 1 saturated carbocycles. The van der Waals surface area contributed by atoms with Crippen molar-refractivity contribution in [3.63, 3.8) is 0 Å². The Bertz CT molecular complexity index is 752. The van der Waals surface area contributed by atoms with Crippen LogP contribution in [0.15, 0.2) is 29.4 Å². The third-order valence-corrected chi connectivity index (χ3v) is 6.00. The molecular weight excluding hydrogens is 384 g/mol. The van der Waals surface area contributed by atoms with Crippen LogP contribution in [0.25, 0.3) is 0 Å². The Morgan fingerprint density at radius 3 is 2.85 bits per heavy atom. The summed E-state index contributed by atoms with van der Waals surface area (Å²) in [5.41, 5.74) is 0. The van der Waals surface area contributed by atoms with Gasteiger partial charge < -0.3 is 10.1 Å². The molecule has 0 bridgehead atoms. The van der Waals surface area contributed by atoms with E-state index in [-0.39, 0.29) is 23.8 Å². The van der Waals surface area contributed by atoms with E-state index in [1.54, 1.807) is 24.3 Å². The van der Waals surface area contributed by atoms with Crippen molar-refractivity contribution in [2.45, 2.75) is 62.6 Å². The fourth-order valence-corrected chi connectivity index (χ4v) is 4.00. The van der Waals surface area contributed by atoms with Crippen LogP contribution in [0.5, 0.6) is 5.75 Å². The highest BCUT2D eigenvalue weighted by Gasteiger charge is 2.25. The molecule has 1 fully saturated rings. The summed E-state index contributed by atoms with van der Waals surface area (Å²) >= 11 is 7.20. The molecule has 3 atom stereocenters. The van der Waals surface area contributed by atoms with E-state index >= 15 is 0 Å². The molecule has 8 heteroatoms. The van der Waals surface area contributed by atoms with Crippen LogP contribution in [-0.4, -0.2) is 32.4 Å². The molecule has 0 aliphatic heterocycles. The standard InChI is InChI=1S/C19H25ClN4O2S/c1-12-5-3-4-6-16(12)21-18(25)13(2)27-19-22-17(23-24-19)11-26-15-9-7-14(20)8-10-15/h7-10,12-13,16H,3-6,11H2,1-2H3,(H,21,25)(H,22,23,24). The van der Waals surface area contributed by atoms with Gasteiger partial charge in [0.1, 0.15) is 12.4 Å². The summed E-state index contributed by atoms with van der Waals surface area (Å²) in [5, 5.41) is 11.2. The molecule has 3 unspecified atom stereocenters. The van der Waals surface area contributed by atoms with Gasteiger partial charge in [-0.1, -0.05) is 43.1 Å². The van der Waals surface area contributed by atoms with E-state index in [1.165, 1.54) is 31.0 Å². The average Bonchev–Trinajstić information content (AvgIpc) is 3.10. The Morgan fingerprint density at radius 1 is 1.37 bits per heavy atom. The number of nitrogens with zero attached hydrogens (tertiary/aromatic N) is 2. The monoisotopic (exact) mass is 408 g/mol. The number of hydrogen-bond acceptors (Lipinski definition) is 5. The number of benzene rings is 1. The normalized spacial score (nSPS) is 20.9. The molecule has 1 amide bonds. The summed E-state index contributed by atoms with van der Waals surface area (Å²) in [4.78, 5) is 16.9. The number of rotatable bonds is 7. The van der Waals surface area contributed by atoms with Crippen LogP contribution in [0, 0.1) is 5.92 Å². The van der Waals surface area contributed by atoms with E-state index in [2.05, 4.69) is 27.4 Å². The fraction of sp³-hybridized carbons (Fsp3) is 0.526. The molecule has 1 aliphatic carbocycles. The van der Waals surface area contributed by atoms with Crippen molar-refractivity contribution in [3.05, 3.63) is 35.1 Å². The first-order valence-electron chi connectivity index (χ1n) is 9.28. The van der Waals surface area contributed by atoms with Gasteiger partial charge in [-0.05, 0) is 49.9 Å². The topological polar surface area (TPSA) is 79.9 Å². The number of amides is 1. The lowest BCUT2D eigenvalue weighted by Gasteiger charge is -2.30. The van der Waals surface area contributed by atoms with E-state index in [1.807, 2.05) is 6.92 Å². The highest BCUT2D eigenvalue weighted by Crippen LogP contribution is 2.25. The first-order valence-corrected chi connectivity index (χ1v) is 10.5. The van der Waals surface area contributed by atoms with Crippen LogP contribution < -0.4 is 10.1 Å². The van der Waals surface area contributed by atoms with Crippen LogP contribution in [-0.2, 0) is 11.4 Å². The minimum Gasteiger partial charge on any atom is -0.486 e. The first-order chi connectivity index (χ1) is 13.0. The lowest BCUT2D eigenvalue weighted by Crippen LogP contribution is -2.44. The molecule has 2 N–H and O–H groups in total. The summed E-state index contributed by atoms with van der Waals surface area (Å²) in [5.74, 6) is 1.91. The number of nitrogens with one attached hydrogen (secondary N) is 2. The average molecular weight is 409 g/mol. The summed E-state index contributed by atoms with van der Waals surface area (Å²) in [6.07, 6.45) is 4.70. The van der Waals surface area contributed by atoms with Gasteiger partial charge in [0.15, 0.2) is 5.82 Å². The van der Waals surface area contributed by atoms with Crippen molar-refractivity contribution in [1.82, 2.24) is 20.5 Å². The number of H-pyrrole nitrogens is 1. The highest BCUT2D eigenvalue weighted by molar-refractivity contribution is 8.00.